The maximum atomic E-state index is 14.8. The number of aliphatic carboxylic acids is 1. The lowest BCUT2D eigenvalue weighted by atomic mass is 9.78. The number of aromatic nitrogens is 2. The average molecular weight is 587 g/mol. The number of carboxylic acids is 1. The number of likely N-dealkylation sites (N-methyl/N-ethyl adjacent to an activating group) is 1. The summed E-state index contributed by atoms with van der Waals surface area (Å²) in [5.41, 5.74) is 1.76. The third-order valence-corrected chi connectivity index (χ3v) is 7.56. The van der Waals surface area contributed by atoms with Gasteiger partial charge in [-0.2, -0.15) is 4.98 Å². The number of esters is 1. The summed E-state index contributed by atoms with van der Waals surface area (Å²) in [5, 5.41) is 16.4. The summed E-state index contributed by atoms with van der Waals surface area (Å²) >= 11 is 0. The number of amides is 1. The molecule has 43 heavy (non-hydrogen) atoms. The second-order valence-electron chi connectivity index (χ2n) is 10.4. The van der Waals surface area contributed by atoms with Crippen LogP contribution in [-0.4, -0.2) is 64.2 Å². The fourth-order valence-electron chi connectivity index (χ4n) is 5.09. The van der Waals surface area contributed by atoms with Crippen LogP contribution in [-0.2, 0) is 25.7 Å². The molecule has 11 heteroatoms. The number of hydrogen-bond acceptors (Lipinski definition) is 8. The van der Waals surface area contributed by atoms with Crippen LogP contribution >= 0.6 is 0 Å². The van der Waals surface area contributed by atoms with Crippen LogP contribution in [0.4, 0.5) is 4.39 Å². The summed E-state index contributed by atoms with van der Waals surface area (Å²) in [4.78, 5) is 42.8. The van der Waals surface area contributed by atoms with Gasteiger partial charge in [-0.25, -0.2) is 4.39 Å². The zero-order valence-electron chi connectivity index (χ0n) is 23.6. The van der Waals surface area contributed by atoms with Gasteiger partial charge in [0, 0.05) is 42.9 Å². The number of nitrogens with zero attached hydrogens (tertiary/aromatic N) is 3. The van der Waals surface area contributed by atoms with Crippen molar-refractivity contribution in [1.29, 1.82) is 0 Å². The summed E-state index contributed by atoms with van der Waals surface area (Å²) in [5.74, 6) is -2.42. The predicted octanol–water partition coefficient (Wildman–Crippen LogP) is 4.56. The minimum atomic E-state index is -1.67. The van der Waals surface area contributed by atoms with Gasteiger partial charge in [-0.1, -0.05) is 65.8 Å². The molecule has 2 N–H and O–H groups in total. The van der Waals surface area contributed by atoms with E-state index in [4.69, 9.17) is 9.26 Å². The third-order valence-electron chi connectivity index (χ3n) is 7.56. The fraction of sp³-hybridized carbons (Fsp3) is 0.281. The van der Waals surface area contributed by atoms with Gasteiger partial charge in [0.2, 0.25) is 5.82 Å². The summed E-state index contributed by atoms with van der Waals surface area (Å²) in [6.45, 7) is 2.92. The number of rotatable bonds is 10. The van der Waals surface area contributed by atoms with Crippen molar-refractivity contribution in [2.24, 2.45) is 5.41 Å². The first-order valence-electron chi connectivity index (χ1n) is 14.0. The number of likely N-dealkylation sites (tertiary alicyclic amines) is 1. The number of ether oxygens (including phenoxy) is 1. The highest BCUT2D eigenvalue weighted by molar-refractivity contribution is 6.00. The Morgan fingerprint density at radius 1 is 1.00 bits per heavy atom. The lowest BCUT2D eigenvalue weighted by molar-refractivity contribution is -0.174. The standard InChI is InChI=1S/C32H31FN4O6/c1-2-34-27(38)20-42-31(41)32(30(39)40)14-16-37(17-15-32)19-21-8-10-23(11-9-21)28-35-29(43-36-28)24-12-13-25(26(33)18-24)22-6-4-3-5-7-22/h3-13,18H,2,14-17,19-20H2,1H3,(H,34,38)(H,39,40). The van der Waals surface area contributed by atoms with Crippen molar-refractivity contribution in [3.8, 4) is 34.0 Å². The number of carbonyl (C=O) groups is 3. The van der Waals surface area contributed by atoms with Gasteiger partial charge in [0.05, 0.1) is 0 Å². The van der Waals surface area contributed by atoms with E-state index in [1.807, 2.05) is 54.6 Å². The molecule has 0 atom stereocenters. The number of carbonyl (C=O) groups excluding carboxylic acids is 2. The quantitative estimate of drug-likeness (QED) is 0.203. The average Bonchev–Trinajstić information content (AvgIpc) is 3.52. The van der Waals surface area contributed by atoms with Crippen LogP contribution < -0.4 is 5.32 Å². The van der Waals surface area contributed by atoms with Crippen LogP contribution in [0.2, 0.25) is 0 Å². The molecule has 0 spiro atoms. The smallest absolute Gasteiger partial charge is 0.324 e. The largest absolute Gasteiger partial charge is 0.480 e. The second kappa shape index (κ2) is 13.0. The molecule has 0 bridgehead atoms. The molecule has 0 aliphatic carbocycles. The van der Waals surface area contributed by atoms with Crippen molar-refractivity contribution < 1.29 is 33.1 Å². The minimum absolute atomic E-state index is 0.0766. The molecule has 0 radical (unpaired) electrons. The van der Waals surface area contributed by atoms with E-state index in [0.29, 0.717) is 43.1 Å². The SMILES string of the molecule is CCNC(=O)COC(=O)C1(C(=O)O)CCN(Cc2ccc(-c3noc(-c4ccc(-c5ccccc5)c(F)c4)n3)cc2)CC1. The molecule has 2 heterocycles. The normalized spacial score (nSPS) is 14.7. The van der Waals surface area contributed by atoms with Crippen molar-refractivity contribution in [2.45, 2.75) is 26.3 Å². The summed E-state index contributed by atoms with van der Waals surface area (Å²) in [6, 6.07) is 21.6. The Morgan fingerprint density at radius 2 is 1.70 bits per heavy atom. The molecule has 4 aromatic rings. The van der Waals surface area contributed by atoms with Gasteiger partial charge >= 0.3 is 11.9 Å². The molecule has 0 saturated carbocycles. The summed E-state index contributed by atoms with van der Waals surface area (Å²) in [6.07, 6.45) is 0.153. The first-order valence-corrected chi connectivity index (χ1v) is 14.0. The zero-order valence-corrected chi connectivity index (χ0v) is 23.6. The number of piperidine rings is 1. The monoisotopic (exact) mass is 586 g/mol. The van der Waals surface area contributed by atoms with E-state index in [-0.39, 0.29) is 24.5 Å². The molecule has 1 saturated heterocycles. The highest BCUT2D eigenvalue weighted by atomic mass is 19.1. The second-order valence-corrected chi connectivity index (χ2v) is 10.4. The Labute approximate surface area is 247 Å². The fourth-order valence-corrected chi connectivity index (χ4v) is 5.09. The molecule has 3 aromatic carbocycles. The topological polar surface area (TPSA) is 135 Å². The Kier molecular flexibility index (Phi) is 8.91. The molecule has 5 rings (SSSR count). The van der Waals surface area contributed by atoms with Crippen molar-refractivity contribution in [2.75, 3.05) is 26.2 Å². The van der Waals surface area contributed by atoms with Gasteiger partial charge in [-0.3, -0.25) is 19.3 Å². The molecule has 222 valence electrons. The van der Waals surface area contributed by atoms with E-state index in [0.717, 1.165) is 16.7 Å². The van der Waals surface area contributed by atoms with Crippen molar-refractivity contribution in [3.63, 3.8) is 0 Å². The first kappa shape index (κ1) is 29.6. The van der Waals surface area contributed by atoms with E-state index < -0.39 is 29.9 Å². The van der Waals surface area contributed by atoms with Crippen LogP contribution in [0.1, 0.15) is 25.3 Å². The van der Waals surface area contributed by atoms with E-state index in [2.05, 4.69) is 20.4 Å². The van der Waals surface area contributed by atoms with E-state index in [1.54, 1.807) is 19.1 Å². The Bertz CT molecular complexity index is 1600. The zero-order chi connectivity index (χ0) is 30.4. The highest BCUT2D eigenvalue weighted by Crippen LogP contribution is 2.34. The maximum absolute atomic E-state index is 14.8. The molecule has 10 nitrogen and oxygen atoms in total. The maximum Gasteiger partial charge on any atom is 0.324 e. The lowest BCUT2D eigenvalue weighted by Crippen LogP contribution is -2.50. The van der Waals surface area contributed by atoms with Gasteiger partial charge in [-0.05, 0) is 43.0 Å². The molecule has 1 aromatic heterocycles. The first-order chi connectivity index (χ1) is 20.8. The molecular formula is C32H31FN4O6. The molecule has 1 aliphatic rings. The Morgan fingerprint density at radius 3 is 2.35 bits per heavy atom. The van der Waals surface area contributed by atoms with Crippen LogP contribution in [0.5, 0.6) is 0 Å². The van der Waals surface area contributed by atoms with Gasteiger partial charge in [0.15, 0.2) is 12.0 Å². The number of halogens is 1. The highest BCUT2D eigenvalue weighted by Gasteiger charge is 2.49. The van der Waals surface area contributed by atoms with Gasteiger partial charge in [-0.15, -0.1) is 0 Å². The minimum Gasteiger partial charge on any atom is -0.480 e. The molecule has 1 amide bonds. The van der Waals surface area contributed by atoms with Gasteiger partial charge < -0.3 is 19.7 Å². The van der Waals surface area contributed by atoms with Crippen LogP contribution in [0.3, 0.4) is 0 Å². The number of hydrogen-bond donors (Lipinski definition) is 2. The van der Waals surface area contributed by atoms with Crippen LogP contribution in [0, 0.1) is 11.2 Å². The number of benzene rings is 3. The van der Waals surface area contributed by atoms with Gasteiger partial charge in [0.25, 0.3) is 11.8 Å². The predicted molar refractivity (Wildman–Crippen MR) is 155 cm³/mol. The number of carboxylic acid groups (broad SMARTS) is 1. The summed E-state index contributed by atoms with van der Waals surface area (Å²) in [7, 11) is 0. The molecular weight excluding hydrogens is 555 g/mol. The van der Waals surface area contributed by atoms with Gasteiger partial charge in [0.1, 0.15) is 5.82 Å². The molecule has 0 unspecified atom stereocenters. The van der Waals surface area contributed by atoms with E-state index >= 15 is 0 Å². The van der Waals surface area contributed by atoms with Crippen molar-refractivity contribution >= 4 is 17.8 Å². The third kappa shape index (κ3) is 6.62. The summed E-state index contributed by atoms with van der Waals surface area (Å²) < 4.78 is 25.3. The molecule has 1 aliphatic heterocycles. The van der Waals surface area contributed by atoms with E-state index in [9.17, 15) is 23.9 Å². The van der Waals surface area contributed by atoms with Crippen LogP contribution in [0.15, 0.2) is 77.3 Å². The van der Waals surface area contributed by atoms with Crippen LogP contribution in [0.25, 0.3) is 34.0 Å². The van der Waals surface area contributed by atoms with Crippen molar-refractivity contribution in [1.82, 2.24) is 20.4 Å². The lowest BCUT2D eigenvalue weighted by Gasteiger charge is -2.37. The van der Waals surface area contributed by atoms with E-state index in [1.165, 1.54) is 6.07 Å². The molecule has 1 fully saturated rings. The van der Waals surface area contributed by atoms with Crippen molar-refractivity contribution in [3.05, 3.63) is 84.2 Å². The Hall–Kier alpha value is -4.90. The Balaban J connectivity index is 1.19. The number of nitrogens with one attached hydrogen (secondary N) is 1.